The van der Waals surface area contributed by atoms with E-state index in [2.05, 4.69) is 10.1 Å². The molecule has 17 heavy (non-hydrogen) atoms. The number of imidazole rings is 1. The van der Waals surface area contributed by atoms with Crippen molar-refractivity contribution < 1.29 is 0 Å². The van der Waals surface area contributed by atoms with Crippen LogP contribution in [0.1, 0.15) is 17.7 Å². The summed E-state index contributed by atoms with van der Waals surface area (Å²) in [6, 6.07) is 0.0425. The summed E-state index contributed by atoms with van der Waals surface area (Å²) >= 11 is 1.67. The molecule has 0 aliphatic rings. The van der Waals surface area contributed by atoms with Crippen molar-refractivity contribution >= 4 is 11.8 Å². The second kappa shape index (κ2) is 4.93. The quantitative estimate of drug-likeness (QED) is 0.833. The molecule has 2 N–H and O–H groups in total. The molecular weight excluding hydrogens is 234 g/mol. The summed E-state index contributed by atoms with van der Waals surface area (Å²) in [5.41, 5.74) is 7.18. The van der Waals surface area contributed by atoms with Gasteiger partial charge >= 0.3 is 0 Å². The molecule has 0 saturated heterocycles. The van der Waals surface area contributed by atoms with E-state index in [0.717, 1.165) is 10.7 Å². The number of rotatable bonds is 4. The summed E-state index contributed by atoms with van der Waals surface area (Å²) in [6.07, 6.45) is 7.60. The fourth-order valence-corrected chi connectivity index (χ4v) is 2.69. The molecule has 2 aromatic rings. The molecule has 2 rings (SSSR count). The Balaban J connectivity index is 2.22. The van der Waals surface area contributed by atoms with Crippen LogP contribution < -0.4 is 5.73 Å². The highest BCUT2D eigenvalue weighted by Crippen LogP contribution is 2.35. The van der Waals surface area contributed by atoms with Gasteiger partial charge in [-0.1, -0.05) is 11.8 Å². The minimum atomic E-state index is 0.0425. The van der Waals surface area contributed by atoms with E-state index < -0.39 is 0 Å². The molecule has 5 nitrogen and oxygen atoms in total. The molecular formula is C11H17N5S. The van der Waals surface area contributed by atoms with Gasteiger partial charge in [-0.05, 0) is 6.92 Å². The molecule has 92 valence electrons. The first-order valence-corrected chi connectivity index (χ1v) is 6.34. The predicted octanol–water partition coefficient (Wildman–Crippen LogP) is 1.33. The van der Waals surface area contributed by atoms with Crippen LogP contribution in [0.25, 0.3) is 0 Å². The molecule has 0 aliphatic carbocycles. The first kappa shape index (κ1) is 12.2. The molecule has 0 bridgehead atoms. The van der Waals surface area contributed by atoms with Gasteiger partial charge < -0.3 is 10.3 Å². The van der Waals surface area contributed by atoms with Crippen molar-refractivity contribution in [1.82, 2.24) is 19.3 Å². The van der Waals surface area contributed by atoms with Crippen LogP contribution in [0.4, 0.5) is 0 Å². The van der Waals surface area contributed by atoms with Crippen LogP contribution in [0.15, 0.2) is 29.9 Å². The average Bonchev–Trinajstić information content (AvgIpc) is 2.84. The zero-order valence-corrected chi connectivity index (χ0v) is 11.1. The molecule has 6 heteroatoms. The Kier molecular flexibility index (Phi) is 3.54. The maximum Gasteiger partial charge on any atom is 0.168 e. The summed E-state index contributed by atoms with van der Waals surface area (Å²) < 4.78 is 3.79. The molecule has 2 unspecified atom stereocenters. The standard InChI is InChI=1S/C11H17N5S/c1-8(12)10(9-6-14-16(3)7-9)17-11-13-4-5-15(11)2/h4-8,10H,12H2,1-3H3. The van der Waals surface area contributed by atoms with E-state index in [1.165, 1.54) is 0 Å². The Morgan fingerprint density at radius 1 is 1.41 bits per heavy atom. The smallest absolute Gasteiger partial charge is 0.168 e. The van der Waals surface area contributed by atoms with Gasteiger partial charge in [-0.2, -0.15) is 5.10 Å². The van der Waals surface area contributed by atoms with Crippen molar-refractivity contribution in [2.24, 2.45) is 19.8 Å². The minimum absolute atomic E-state index is 0.0425. The third-order valence-corrected chi connectivity index (χ3v) is 4.10. The molecule has 0 radical (unpaired) electrons. The molecule has 0 amide bonds. The summed E-state index contributed by atoms with van der Waals surface area (Å²) in [5.74, 6) is 0. The van der Waals surface area contributed by atoms with Gasteiger partial charge in [0.25, 0.3) is 0 Å². The monoisotopic (exact) mass is 251 g/mol. The number of hydrogen-bond acceptors (Lipinski definition) is 4. The van der Waals surface area contributed by atoms with Crippen LogP contribution in [0.2, 0.25) is 0 Å². The molecule has 0 fully saturated rings. The van der Waals surface area contributed by atoms with Crippen molar-refractivity contribution in [1.29, 1.82) is 0 Å². The van der Waals surface area contributed by atoms with Gasteiger partial charge in [0.15, 0.2) is 5.16 Å². The maximum atomic E-state index is 6.05. The third-order valence-electron chi connectivity index (χ3n) is 2.54. The Hall–Kier alpha value is -1.27. The van der Waals surface area contributed by atoms with Gasteiger partial charge in [-0.3, -0.25) is 4.68 Å². The summed E-state index contributed by atoms with van der Waals surface area (Å²) in [6.45, 7) is 2.01. The zero-order chi connectivity index (χ0) is 12.4. The first-order chi connectivity index (χ1) is 8.08. The van der Waals surface area contributed by atoms with E-state index in [1.807, 2.05) is 44.2 Å². The normalized spacial score (nSPS) is 14.8. The van der Waals surface area contributed by atoms with Crippen LogP contribution >= 0.6 is 11.8 Å². The molecule has 2 aromatic heterocycles. The lowest BCUT2D eigenvalue weighted by Gasteiger charge is -2.18. The number of aryl methyl sites for hydroxylation is 2. The molecule has 0 aliphatic heterocycles. The highest BCUT2D eigenvalue weighted by molar-refractivity contribution is 7.99. The topological polar surface area (TPSA) is 61.7 Å². The lowest BCUT2D eigenvalue weighted by molar-refractivity contribution is 0.708. The van der Waals surface area contributed by atoms with Crippen molar-refractivity contribution in [3.05, 3.63) is 30.4 Å². The van der Waals surface area contributed by atoms with E-state index in [9.17, 15) is 0 Å². The Morgan fingerprint density at radius 3 is 2.65 bits per heavy atom. The van der Waals surface area contributed by atoms with Crippen LogP contribution in [-0.4, -0.2) is 25.4 Å². The van der Waals surface area contributed by atoms with E-state index in [-0.39, 0.29) is 11.3 Å². The second-order valence-electron chi connectivity index (χ2n) is 4.17. The van der Waals surface area contributed by atoms with Crippen molar-refractivity contribution in [2.75, 3.05) is 0 Å². The van der Waals surface area contributed by atoms with Crippen molar-refractivity contribution in [3.63, 3.8) is 0 Å². The fraction of sp³-hybridized carbons (Fsp3) is 0.455. The molecule has 0 spiro atoms. The highest BCUT2D eigenvalue weighted by Gasteiger charge is 2.21. The highest BCUT2D eigenvalue weighted by atomic mass is 32.2. The SMILES string of the molecule is CC(N)C(Sc1nccn1C)c1cnn(C)c1. The Morgan fingerprint density at radius 2 is 2.18 bits per heavy atom. The number of thioether (sulfide) groups is 1. The largest absolute Gasteiger partial charge is 0.329 e. The van der Waals surface area contributed by atoms with E-state index >= 15 is 0 Å². The second-order valence-corrected chi connectivity index (χ2v) is 5.27. The van der Waals surface area contributed by atoms with Gasteiger partial charge in [0.05, 0.1) is 11.4 Å². The van der Waals surface area contributed by atoms with Gasteiger partial charge in [-0.25, -0.2) is 4.98 Å². The molecule has 0 aromatic carbocycles. The van der Waals surface area contributed by atoms with Gasteiger partial charge in [0.2, 0.25) is 0 Å². The third kappa shape index (κ3) is 2.70. The van der Waals surface area contributed by atoms with Crippen LogP contribution in [-0.2, 0) is 14.1 Å². The molecule has 2 atom stereocenters. The maximum absolute atomic E-state index is 6.05. The van der Waals surface area contributed by atoms with E-state index in [1.54, 1.807) is 22.6 Å². The van der Waals surface area contributed by atoms with Crippen molar-refractivity contribution in [3.8, 4) is 0 Å². The van der Waals surface area contributed by atoms with Gasteiger partial charge in [0, 0.05) is 44.3 Å². The molecule has 2 heterocycles. The lowest BCUT2D eigenvalue weighted by atomic mass is 10.1. The predicted molar refractivity (Wildman–Crippen MR) is 68.7 cm³/mol. The minimum Gasteiger partial charge on any atom is -0.329 e. The molecule has 0 saturated carbocycles. The van der Waals surface area contributed by atoms with Crippen LogP contribution in [0.3, 0.4) is 0 Å². The Labute approximate surface area is 105 Å². The zero-order valence-electron chi connectivity index (χ0n) is 10.2. The number of nitrogens with two attached hydrogens (primary N) is 1. The van der Waals surface area contributed by atoms with Gasteiger partial charge in [0.1, 0.15) is 0 Å². The Bertz CT molecular complexity index is 488. The fourth-order valence-electron chi connectivity index (χ4n) is 1.65. The summed E-state index contributed by atoms with van der Waals surface area (Å²) in [5, 5.41) is 5.33. The van der Waals surface area contributed by atoms with Crippen LogP contribution in [0.5, 0.6) is 0 Å². The van der Waals surface area contributed by atoms with Gasteiger partial charge in [-0.15, -0.1) is 0 Å². The number of aromatic nitrogens is 4. The average molecular weight is 251 g/mol. The van der Waals surface area contributed by atoms with Crippen LogP contribution in [0, 0.1) is 0 Å². The van der Waals surface area contributed by atoms with E-state index in [0.29, 0.717) is 0 Å². The summed E-state index contributed by atoms with van der Waals surface area (Å²) in [4.78, 5) is 4.31. The lowest BCUT2D eigenvalue weighted by Crippen LogP contribution is -2.22. The van der Waals surface area contributed by atoms with E-state index in [4.69, 9.17) is 5.73 Å². The first-order valence-electron chi connectivity index (χ1n) is 5.46. The number of nitrogens with zero attached hydrogens (tertiary/aromatic N) is 4. The summed E-state index contributed by atoms with van der Waals surface area (Å²) in [7, 11) is 3.89. The van der Waals surface area contributed by atoms with Crippen molar-refractivity contribution in [2.45, 2.75) is 23.4 Å². The number of hydrogen-bond donors (Lipinski definition) is 1.